The molecule has 34 heavy (non-hydrogen) atoms. The number of benzene rings is 1. The van der Waals surface area contributed by atoms with E-state index in [0.29, 0.717) is 12.1 Å². The maximum absolute atomic E-state index is 11.7. The van der Waals surface area contributed by atoms with Gasteiger partial charge in [-0.1, -0.05) is 0 Å². The number of carboxylic acids is 1. The van der Waals surface area contributed by atoms with E-state index in [-0.39, 0.29) is 6.42 Å². The average molecular weight is 563 g/mol. The highest BCUT2D eigenvalue weighted by molar-refractivity contribution is 9.10. The highest BCUT2D eigenvalue weighted by Crippen LogP contribution is 2.40. The van der Waals surface area contributed by atoms with Gasteiger partial charge in [0.15, 0.2) is 0 Å². The molecule has 0 atom stereocenters. The van der Waals surface area contributed by atoms with Gasteiger partial charge in [0.2, 0.25) is 10.0 Å². The smallest absolute Gasteiger partial charge is 0.303 e. The van der Waals surface area contributed by atoms with Gasteiger partial charge in [0.25, 0.3) is 0 Å². The molecular formula is C23H23BrN4O4S2. The molecule has 0 aliphatic carbocycles. The average Bonchev–Trinajstić information content (AvgIpc) is 3.43. The van der Waals surface area contributed by atoms with Crippen molar-refractivity contribution in [3.8, 4) is 21.3 Å². The first-order valence-corrected chi connectivity index (χ1v) is 13.8. The third-order valence-corrected chi connectivity index (χ3v) is 7.56. The Bertz CT molecular complexity index is 1480. The van der Waals surface area contributed by atoms with Crippen molar-refractivity contribution >= 4 is 48.9 Å². The highest BCUT2D eigenvalue weighted by Gasteiger charge is 2.21. The molecule has 0 unspecified atom stereocenters. The first-order valence-electron chi connectivity index (χ1n) is 10.3. The standard InChI is InChI=1S/C23H23BrN4O4S2/c1-14-12-16(26-34(3,31)32)4-6-19(14)28-17(5-9-22(29)30)13-18(24)23(28)20-7-8-21(33-20)27-11-10-25-15(27)2/h4,6-8,10-13,26H,5,9H2,1-3H3,(H,29,30). The van der Waals surface area contributed by atoms with Crippen LogP contribution >= 0.6 is 27.3 Å². The summed E-state index contributed by atoms with van der Waals surface area (Å²) in [6, 6.07) is 11.3. The lowest BCUT2D eigenvalue weighted by molar-refractivity contribution is -0.136. The van der Waals surface area contributed by atoms with Crippen LogP contribution in [0.3, 0.4) is 0 Å². The van der Waals surface area contributed by atoms with Crippen LogP contribution in [0, 0.1) is 13.8 Å². The molecule has 0 amide bonds. The molecule has 2 N–H and O–H groups in total. The molecule has 4 aromatic rings. The molecular weight excluding hydrogens is 540 g/mol. The number of carboxylic acid groups (broad SMARTS) is 1. The summed E-state index contributed by atoms with van der Waals surface area (Å²) < 4.78 is 30.7. The van der Waals surface area contributed by atoms with Gasteiger partial charge in [-0.25, -0.2) is 13.4 Å². The number of aryl methyl sites for hydroxylation is 3. The number of carbonyl (C=O) groups is 1. The van der Waals surface area contributed by atoms with Crippen LogP contribution in [0.5, 0.6) is 0 Å². The van der Waals surface area contributed by atoms with E-state index in [1.165, 1.54) is 0 Å². The van der Waals surface area contributed by atoms with Crippen molar-refractivity contribution in [2.24, 2.45) is 0 Å². The molecule has 8 nitrogen and oxygen atoms in total. The van der Waals surface area contributed by atoms with Gasteiger partial charge in [0, 0.05) is 33.9 Å². The van der Waals surface area contributed by atoms with Crippen LogP contribution in [0.4, 0.5) is 5.69 Å². The van der Waals surface area contributed by atoms with Crippen LogP contribution in [0.25, 0.3) is 21.3 Å². The molecule has 0 bridgehead atoms. The SMILES string of the molecule is Cc1cc(NS(C)(=O)=O)ccc1-n1c(CCC(=O)O)cc(Br)c1-c1ccc(-n2ccnc2C)s1. The van der Waals surface area contributed by atoms with Crippen molar-refractivity contribution in [1.82, 2.24) is 14.1 Å². The molecule has 3 heterocycles. The molecule has 0 saturated carbocycles. The molecule has 0 aliphatic rings. The van der Waals surface area contributed by atoms with Crippen LogP contribution in [0.2, 0.25) is 0 Å². The number of aliphatic carboxylic acids is 1. The van der Waals surface area contributed by atoms with Gasteiger partial charge in [-0.2, -0.15) is 0 Å². The summed E-state index contributed by atoms with van der Waals surface area (Å²) in [5.41, 5.74) is 3.90. The molecule has 3 aromatic heterocycles. The van der Waals surface area contributed by atoms with Crippen LogP contribution in [-0.2, 0) is 21.2 Å². The molecule has 1 aromatic carbocycles. The number of aromatic nitrogens is 3. The number of thiophene rings is 1. The fourth-order valence-corrected chi connectivity index (χ4v) is 6.26. The normalized spacial score (nSPS) is 11.6. The predicted molar refractivity (Wildman–Crippen MR) is 138 cm³/mol. The third-order valence-electron chi connectivity index (χ3n) is 5.25. The number of halogens is 1. The molecule has 0 spiro atoms. The lowest BCUT2D eigenvalue weighted by Gasteiger charge is -2.17. The summed E-state index contributed by atoms with van der Waals surface area (Å²) in [5, 5.41) is 10.3. The topological polar surface area (TPSA) is 106 Å². The Labute approximate surface area is 210 Å². The van der Waals surface area contributed by atoms with Crippen LogP contribution in [0.15, 0.2) is 53.3 Å². The van der Waals surface area contributed by atoms with E-state index >= 15 is 0 Å². The molecule has 0 radical (unpaired) electrons. The Balaban J connectivity index is 1.85. The van der Waals surface area contributed by atoms with Gasteiger partial charge in [0.1, 0.15) is 10.8 Å². The van der Waals surface area contributed by atoms with Crippen molar-refractivity contribution in [3.63, 3.8) is 0 Å². The summed E-state index contributed by atoms with van der Waals surface area (Å²) in [5.74, 6) is 0.0126. The van der Waals surface area contributed by atoms with Crippen LogP contribution < -0.4 is 4.72 Å². The number of sulfonamides is 1. The van der Waals surface area contributed by atoms with Gasteiger partial charge in [-0.15, -0.1) is 11.3 Å². The first kappa shape index (κ1) is 24.2. The Hall–Kier alpha value is -2.89. The fraction of sp³-hybridized carbons (Fsp3) is 0.217. The number of hydrogen-bond donors (Lipinski definition) is 2. The van der Waals surface area contributed by atoms with E-state index in [2.05, 4.69) is 25.6 Å². The van der Waals surface area contributed by atoms with Gasteiger partial charge >= 0.3 is 5.97 Å². The van der Waals surface area contributed by atoms with Crippen molar-refractivity contribution in [1.29, 1.82) is 0 Å². The van der Waals surface area contributed by atoms with E-state index in [4.69, 9.17) is 0 Å². The first-order chi connectivity index (χ1) is 16.0. The van der Waals surface area contributed by atoms with E-state index < -0.39 is 16.0 Å². The van der Waals surface area contributed by atoms with E-state index in [0.717, 1.165) is 49.1 Å². The largest absolute Gasteiger partial charge is 0.481 e. The second kappa shape index (κ2) is 9.40. The number of imidazole rings is 1. The zero-order chi connectivity index (χ0) is 24.6. The number of rotatable bonds is 8. The minimum atomic E-state index is -3.40. The Morgan fingerprint density at radius 2 is 1.97 bits per heavy atom. The number of anilines is 1. The summed E-state index contributed by atoms with van der Waals surface area (Å²) in [6.07, 6.45) is 5.11. The lowest BCUT2D eigenvalue weighted by atomic mass is 10.1. The van der Waals surface area contributed by atoms with Gasteiger partial charge in [-0.05, 0) is 78.2 Å². The van der Waals surface area contributed by atoms with Crippen molar-refractivity contribution < 1.29 is 18.3 Å². The van der Waals surface area contributed by atoms with Gasteiger partial charge in [0.05, 0.1) is 23.2 Å². The molecule has 0 aliphatic heterocycles. The summed E-state index contributed by atoms with van der Waals surface area (Å²) in [7, 11) is -3.40. The summed E-state index contributed by atoms with van der Waals surface area (Å²) >= 11 is 5.29. The highest BCUT2D eigenvalue weighted by atomic mass is 79.9. The lowest BCUT2D eigenvalue weighted by Crippen LogP contribution is -2.10. The maximum Gasteiger partial charge on any atom is 0.303 e. The summed E-state index contributed by atoms with van der Waals surface area (Å²) in [6.45, 7) is 3.84. The minimum Gasteiger partial charge on any atom is -0.481 e. The van der Waals surface area contributed by atoms with E-state index in [9.17, 15) is 18.3 Å². The Morgan fingerprint density at radius 1 is 1.21 bits per heavy atom. The second-order valence-electron chi connectivity index (χ2n) is 7.92. The molecule has 0 saturated heterocycles. The molecule has 0 fully saturated rings. The van der Waals surface area contributed by atoms with Crippen molar-refractivity contribution in [2.45, 2.75) is 26.7 Å². The van der Waals surface area contributed by atoms with Gasteiger partial charge < -0.3 is 9.67 Å². The van der Waals surface area contributed by atoms with Crippen LogP contribution in [0.1, 0.15) is 23.5 Å². The number of nitrogens with zero attached hydrogens (tertiary/aromatic N) is 3. The predicted octanol–water partition coefficient (Wildman–Crippen LogP) is 5.16. The quantitative estimate of drug-likeness (QED) is 0.308. The number of nitrogens with one attached hydrogen (secondary N) is 1. The van der Waals surface area contributed by atoms with Crippen molar-refractivity contribution in [2.75, 3.05) is 11.0 Å². The van der Waals surface area contributed by atoms with E-state index in [1.807, 2.05) is 53.4 Å². The maximum atomic E-state index is 11.7. The summed E-state index contributed by atoms with van der Waals surface area (Å²) in [4.78, 5) is 16.6. The monoisotopic (exact) mass is 562 g/mol. The van der Waals surface area contributed by atoms with Gasteiger partial charge in [-0.3, -0.25) is 14.1 Å². The molecule has 11 heteroatoms. The molecule has 4 rings (SSSR count). The third kappa shape index (κ3) is 5.11. The Kier molecular flexibility index (Phi) is 6.70. The van der Waals surface area contributed by atoms with Crippen molar-refractivity contribution in [3.05, 3.63) is 70.3 Å². The fourth-order valence-electron chi connectivity index (χ4n) is 3.83. The van der Waals surface area contributed by atoms with E-state index in [1.54, 1.807) is 29.7 Å². The second-order valence-corrected chi connectivity index (χ2v) is 11.6. The zero-order valence-electron chi connectivity index (χ0n) is 18.7. The molecule has 178 valence electrons. The number of hydrogen-bond acceptors (Lipinski definition) is 5. The Morgan fingerprint density at radius 3 is 2.59 bits per heavy atom. The minimum absolute atomic E-state index is 0.00736. The van der Waals surface area contributed by atoms with Crippen LogP contribution in [-0.4, -0.2) is 39.9 Å². The zero-order valence-corrected chi connectivity index (χ0v) is 22.0.